The number of hydrogen-bond acceptors (Lipinski definition) is 3. The molecule has 30 heavy (non-hydrogen) atoms. The summed E-state index contributed by atoms with van der Waals surface area (Å²) in [4.78, 5) is 11.6. The van der Waals surface area contributed by atoms with Gasteiger partial charge in [0.05, 0.1) is 17.5 Å². The van der Waals surface area contributed by atoms with E-state index in [0.29, 0.717) is 24.7 Å². The maximum absolute atomic E-state index is 13.2. The first-order valence-corrected chi connectivity index (χ1v) is 10.3. The highest BCUT2D eigenvalue weighted by Crippen LogP contribution is 2.42. The molecule has 0 amide bonds. The van der Waals surface area contributed by atoms with E-state index >= 15 is 0 Å². The van der Waals surface area contributed by atoms with Gasteiger partial charge in [0.25, 0.3) is 0 Å². The van der Waals surface area contributed by atoms with E-state index in [-0.39, 0.29) is 0 Å². The second-order valence-corrected chi connectivity index (χ2v) is 8.07. The van der Waals surface area contributed by atoms with Crippen LogP contribution in [0.3, 0.4) is 0 Å². The molecule has 4 heterocycles. The Morgan fingerprint density at radius 2 is 1.90 bits per heavy atom. The fourth-order valence-electron chi connectivity index (χ4n) is 4.90. The zero-order valence-corrected chi connectivity index (χ0v) is 16.4. The van der Waals surface area contributed by atoms with Gasteiger partial charge in [-0.25, -0.2) is 14.4 Å². The van der Waals surface area contributed by atoms with Crippen LogP contribution in [0.1, 0.15) is 47.0 Å². The van der Waals surface area contributed by atoms with Gasteiger partial charge in [0.1, 0.15) is 12.2 Å². The second-order valence-electron chi connectivity index (χ2n) is 8.07. The van der Waals surface area contributed by atoms with Gasteiger partial charge in [0.2, 0.25) is 0 Å². The number of alkyl halides is 4. The van der Waals surface area contributed by atoms with E-state index in [1.54, 1.807) is 0 Å². The molecule has 3 aromatic rings. The smallest absolute Gasteiger partial charge is 0.328 e. The summed E-state index contributed by atoms with van der Waals surface area (Å²) in [5.74, 6) is 0. The quantitative estimate of drug-likeness (QED) is 0.568. The van der Waals surface area contributed by atoms with Crippen molar-refractivity contribution < 1.29 is 17.6 Å². The van der Waals surface area contributed by atoms with E-state index < -0.39 is 18.4 Å². The van der Waals surface area contributed by atoms with Crippen LogP contribution in [0.2, 0.25) is 0 Å². The summed E-state index contributed by atoms with van der Waals surface area (Å²) >= 11 is 0. The summed E-state index contributed by atoms with van der Waals surface area (Å²) in [6.45, 7) is 2.00. The maximum Gasteiger partial charge on any atom is 0.416 e. The van der Waals surface area contributed by atoms with Crippen LogP contribution < -0.4 is 0 Å². The molecule has 2 aliphatic rings. The van der Waals surface area contributed by atoms with Crippen LogP contribution in [0.25, 0.3) is 11.2 Å². The topological polar surface area (TPSA) is 34.0 Å². The largest absolute Gasteiger partial charge is 0.416 e. The first-order valence-electron chi connectivity index (χ1n) is 10.3. The minimum atomic E-state index is -4.33. The van der Waals surface area contributed by atoms with E-state index in [9.17, 15) is 17.6 Å². The summed E-state index contributed by atoms with van der Waals surface area (Å²) < 4.78 is 53.8. The van der Waals surface area contributed by atoms with Crippen LogP contribution in [0.5, 0.6) is 0 Å². The van der Waals surface area contributed by atoms with Crippen molar-refractivity contribution in [2.75, 3.05) is 13.1 Å². The fraction of sp³-hybridized carbons (Fsp3) is 0.455. The van der Waals surface area contributed by atoms with Gasteiger partial charge in [0.15, 0.2) is 5.65 Å². The Balaban J connectivity index is 1.50. The molecule has 2 aromatic heterocycles. The van der Waals surface area contributed by atoms with E-state index in [2.05, 4.69) is 19.4 Å². The van der Waals surface area contributed by atoms with Gasteiger partial charge in [0, 0.05) is 36.8 Å². The van der Waals surface area contributed by atoms with Gasteiger partial charge in [-0.1, -0.05) is 12.1 Å². The molecule has 0 bridgehead atoms. The zero-order chi connectivity index (χ0) is 20.9. The van der Waals surface area contributed by atoms with Crippen molar-refractivity contribution in [3.05, 3.63) is 58.5 Å². The van der Waals surface area contributed by atoms with Crippen molar-refractivity contribution in [3.63, 3.8) is 0 Å². The van der Waals surface area contributed by atoms with E-state index in [0.717, 1.165) is 61.2 Å². The minimum absolute atomic E-state index is 0.299. The van der Waals surface area contributed by atoms with Gasteiger partial charge in [-0.15, -0.1) is 0 Å². The Hall–Kier alpha value is -2.48. The highest BCUT2D eigenvalue weighted by atomic mass is 19.4. The summed E-state index contributed by atoms with van der Waals surface area (Å²) in [6.07, 6.45) is 0.822. The van der Waals surface area contributed by atoms with Gasteiger partial charge >= 0.3 is 6.18 Å². The number of aryl methyl sites for hydroxylation is 2. The molecule has 0 radical (unpaired) electrons. The van der Waals surface area contributed by atoms with Crippen LogP contribution in [0, 0.1) is 0 Å². The molecule has 158 valence electrons. The monoisotopic (exact) mass is 418 g/mol. The van der Waals surface area contributed by atoms with Crippen molar-refractivity contribution in [1.29, 1.82) is 0 Å². The second kappa shape index (κ2) is 7.34. The number of aromatic nitrogens is 3. The molecule has 2 aliphatic heterocycles. The van der Waals surface area contributed by atoms with Crippen molar-refractivity contribution in [2.24, 2.45) is 0 Å². The fourth-order valence-corrected chi connectivity index (χ4v) is 4.90. The van der Waals surface area contributed by atoms with Gasteiger partial charge < -0.3 is 4.57 Å². The van der Waals surface area contributed by atoms with Gasteiger partial charge in [-0.2, -0.15) is 13.2 Å². The number of rotatable bonds is 4. The molecular formula is C22H22F4N4. The lowest BCUT2D eigenvalue weighted by molar-refractivity contribution is -0.137. The van der Waals surface area contributed by atoms with Crippen LogP contribution in [-0.4, -0.2) is 32.5 Å². The predicted molar refractivity (Wildman–Crippen MR) is 105 cm³/mol. The third kappa shape index (κ3) is 3.27. The lowest BCUT2D eigenvalue weighted by atomic mass is 9.98. The lowest BCUT2D eigenvalue weighted by Gasteiger charge is -2.30. The van der Waals surface area contributed by atoms with Crippen LogP contribution in [0.4, 0.5) is 17.6 Å². The minimum Gasteiger partial charge on any atom is -0.328 e. The molecule has 1 saturated heterocycles. The van der Waals surface area contributed by atoms with E-state index in [4.69, 9.17) is 0 Å². The molecule has 4 nitrogen and oxygen atoms in total. The first kappa shape index (κ1) is 19.5. The Labute approximate surface area is 171 Å². The Bertz CT molecular complexity index is 1070. The summed E-state index contributed by atoms with van der Waals surface area (Å²) in [6, 6.07) is 5.62. The molecule has 1 aromatic carbocycles. The predicted octanol–water partition coefficient (Wildman–Crippen LogP) is 4.86. The van der Waals surface area contributed by atoms with Crippen LogP contribution in [-0.2, 0) is 32.2 Å². The zero-order valence-electron chi connectivity index (χ0n) is 16.4. The molecule has 0 saturated carbocycles. The number of benzene rings is 1. The van der Waals surface area contributed by atoms with Crippen LogP contribution >= 0.6 is 0 Å². The maximum atomic E-state index is 13.2. The molecule has 1 fully saturated rings. The molecule has 1 unspecified atom stereocenters. The molecular weight excluding hydrogens is 396 g/mol. The molecule has 0 spiro atoms. The summed E-state index contributed by atoms with van der Waals surface area (Å²) in [7, 11) is 0. The van der Waals surface area contributed by atoms with Crippen LogP contribution in [0.15, 0.2) is 30.5 Å². The molecule has 0 aliphatic carbocycles. The number of hydrogen-bond donors (Lipinski definition) is 0. The molecule has 5 rings (SSSR count). The first-order chi connectivity index (χ1) is 14.5. The van der Waals surface area contributed by atoms with Crippen molar-refractivity contribution in [1.82, 2.24) is 19.4 Å². The number of nitrogens with zero attached hydrogens (tertiary/aromatic N) is 4. The summed E-state index contributed by atoms with van der Waals surface area (Å²) in [5.41, 5.74) is 4.42. The SMILES string of the molecule is FCc1cnc2c(n1)c1c(n2CCc2ccc(C(F)(F)F)cc2)CCN2CCCC12. The standard InChI is InChI=1S/C22H22F4N4/c23-12-16-13-27-21-20(28-16)19-17-2-1-9-29(17)10-8-18(19)30(21)11-7-14-3-5-15(6-4-14)22(24,25)26/h3-6,13,17H,1-2,7-12H2. The van der Waals surface area contributed by atoms with Crippen molar-refractivity contribution in [2.45, 2.75) is 51.1 Å². The average molecular weight is 418 g/mol. The molecule has 8 heteroatoms. The van der Waals surface area contributed by atoms with Gasteiger partial charge in [-0.3, -0.25) is 4.90 Å². The Morgan fingerprint density at radius 3 is 2.63 bits per heavy atom. The third-order valence-corrected chi connectivity index (χ3v) is 6.33. The number of halogens is 4. The highest BCUT2D eigenvalue weighted by Gasteiger charge is 2.36. The van der Waals surface area contributed by atoms with Crippen molar-refractivity contribution in [3.8, 4) is 0 Å². The Morgan fingerprint density at radius 1 is 1.10 bits per heavy atom. The third-order valence-electron chi connectivity index (χ3n) is 6.33. The summed E-state index contributed by atoms with van der Waals surface area (Å²) in [5, 5.41) is 0. The Kier molecular flexibility index (Phi) is 4.76. The number of fused-ring (bicyclic) bond motifs is 5. The highest BCUT2D eigenvalue weighted by molar-refractivity contribution is 5.79. The van der Waals surface area contributed by atoms with Crippen molar-refractivity contribution >= 4 is 11.2 Å². The average Bonchev–Trinajstić information content (AvgIpc) is 3.33. The molecule has 1 atom stereocenters. The normalized spacial score (nSPS) is 19.3. The van der Waals surface area contributed by atoms with E-state index in [1.165, 1.54) is 29.6 Å². The van der Waals surface area contributed by atoms with Gasteiger partial charge in [-0.05, 0) is 43.5 Å². The van der Waals surface area contributed by atoms with E-state index in [1.807, 2.05) is 0 Å². The molecule has 0 N–H and O–H groups in total. The lowest BCUT2D eigenvalue weighted by Crippen LogP contribution is -2.31.